The Morgan fingerprint density at radius 1 is 1.20 bits per heavy atom. The summed E-state index contributed by atoms with van der Waals surface area (Å²) in [5.74, 6) is 0.754. The second-order valence-electron chi connectivity index (χ2n) is 8.36. The first kappa shape index (κ1) is 24.9. The van der Waals surface area contributed by atoms with E-state index in [2.05, 4.69) is 39.9 Å². The zero-order chi connectivity index (χ0) is 20.5. The number of rotatable bonds is 7. The number of guanidine groups is 1. The molecule has 1 aliphatic carbocycles. The molecule has 1 aliphatic heterocycles. The summed E-state index contributed by atoms with van der Waals surface area (Å²) in [6.45, 7) is 1.91. The zero-order valence-electron chi connectivity index (χ0n) is 18.4. The van der Waals surface area contributed by atoms with E-state index in [9.17, 15) is 4.79 Å². The minimum Gasteiger partial charge on any atom is -0.378 e. The lowest BCUT2D eigenvalue weighted by atomic mass is 9.88. The van der Waals surface area contributed by atoms with Gasteiger partial charge in [-0.3, -0.25) is 4.79 Å². The Labute approximate surface area is 198 Å². The van der Waals surface area contributed by atoms with E-state index in [0.29, 0.717) is 12.1 Å². The molecule has 1 fully saturated rings. The Bertz CT molecular complexity index is 690. The van der Waals surface area contributed by atoms with Crippen molar-refractivity contribution in [3.8, 4) is 0 Å². The minimum absolute atomic E-state index is 0. The molecule has 2 N–H and O–H groups in total. The van der Waals surface area contributed by atoms with Crippen molar-refractivity contribution in [1.82, 2.24) is 15.5 Å². The molecule has 1 saturated heterocycles. The first-order chi connectivity index (χ1) is 14.1. The number of halogens is 1. The zero-order valence-corrected chi connectivity index (χ0v) is 20.7. The van der Waals surface area contributed by atoms with Crippen LogP contribution >= 0.6 is 24.0 Å². The van der Waals surface area contributed by atoms with Crippen molar-refractivity contribution in [3.05, 3.63) is 35.4 Å². The van der Waals surface area contributed by atoms with Crippen LogP contribution in [0.5, 0.6) is 0 Å². The van der Waals surface area contributed by atoms with Gasteiger partial charge in [0.2, 0.25) is 5.91 Å². The highest BCUT2D eigenvalue weighted by atomic mass is 127. The molecule has 0 radical (unpaired) electrons. The monoisotopic (exact) mass is 528 g/mol. The number of ether oxygens (including phenoxy) is 1. The Morgan fingerprint density at radius 2 is 2.00 bits per heavy atom. The summed E-state index contributed by atoms with van der Waals surface area (Å²) in [6.07, 6.45) is 9.33. The van der Waals surface area contributed by atoms with Crippen molar-refractivity contribution >= 4 is 35.8 Å². The summed E-state index contributed by atoms with van der Waals surface area (Å²) in [5.41, 5.74) is 2.86. The molecule has 1 aromatic carbocycles. The van der Waals surface area contributed by atoms with E-state index in [4.69, 9.17) is 4.74 Å². The Morgan fingerprint density at radius 3 is 2.73 bits per heavy atom. The Kier molecular flexibility index (Phi) is 10.9. The van der Waals surface area contributed by atoms with Gasteiger partial charge in [-0.25, -0.2) is 4.99 Å². The van der Waals surface area contributed by atoms with Crippen molar-refractivity contribution in [1.29, 1.82) is 0 Å². The lowest BCUT2D eigenvalue weighted by Crippen LogP contribution is -2.46. The second kappa shape index (κ2) is 13.1. The maximum atomic E-state index is 12.0. The van der Waals surface area contributed by atoms with Gasteiger partial charge in [-0.2, -0.15) is 0 Å². The number of aliphatic imine (C=N–C) groups is 1. The molecule has 168 valence electrons. The second-order valence-corrected chi connectivity index (χ2v) is 8.36. The maximum absolute atomic E-state index is 12.0. The summed E-state index contributed by atoms with van der Waals surface area (Å²) in [7, 11) is 3.53. The van der Waals surface area contributed by atoms with Crippen molar-refractivity contribution in [3.63, 3.8) is 0 Å². The van der Waals surface area contributed by atoms with Gasteiger partial charge in [-0.05, 0) is 62.5 Å². The van der Waals surface area contributed by atoms with E-state index in [1.54, 1.807) is 19.0 Å². The van der Waals surface area contributed by atoms with Crippen LogP contribution in [-0.4, -0.2) is 62.7 Å². The number of hydrogen-bond donors (Lipinski definition) is 2. The molecule has 1 aromatic rings. The topological polar surface area (TPSA) is 66.0 Å². The quantitative estimate of drug-likeness (QED) is 0.247. The minimum atomic E-state index is 0. The average Bonchev–Trinajstić information content (AvgIpc) is 2.75. The van der Waals surface area contributed by atoms with Crippen LogP contribution in [0.4, 0.5) is 0 Å². The Balaban J connectivity index is 0.00000320. The van der Waals surface area contributed by atoms with Crippen molar-refractivity contribution in [2.45, 2.75) is 63.5 Å². The number of fused-ring (bicyclic) bond motifs is 1. The summed E-state index contributed by atoms with van der Waals surface area (Å²) < 4.78 is 5.82. The van der Waals surface area contributed by atoms with Gasteiger partial charge in [0.1, 0.15) is 6.54 Å². The van der Waals surface area contributed by atoms with Crippen molar-refractivity contribution in [2.24, 2.45) is 4.99 Å². The van der Waals surface area contributed by atoms with Crippen molar-refractivity contribution in [2.75, 3.05) is 33.8 Å². The molecule has 0 spiro atoms. The maximum Gasteiger partial charge on any atom is 0.243 e. The SMILES string of the molecule is CN(C)C(=O)CN=C(NCCCC1CCCCO1)NC1CCc2ccccc2C1.I. The molecule has 3 rings (SSSR count). The van der Waals surface area contributed by atoms with Crippen molar-refractivity contribution < 1.29 is 9.53 Å². The third kappa shape index (κ3) is 8.06. The molecular formula is C23H37IN4O2. The summed E-state index contributed by atoms with van der Waals surface area (Å²) in [4.78, 5) is 18.1. The first-order valence-corrected chi connectivity index (χ1v) is 11.0. The third-order valence-electron chi connectivity index (χ3n) is 5.83. The molecular weight excluding hydrogens is 491 g/mol. The molecule has 30 heavy (non-hydrogen) atoms. The number of benzene rings is 1. The van der Waals surface area contributed by atoms with E-state index in [1.807, 2.05) is 0 Å². The van der Waals surface area contributed by atoms with E-state index in [-0.39, 0.29) is 36.4 Å². The van der Waals surface area contributed by atoms with E-state index in [1.165, 1.54) is 30.4 Å². The van der Waals surface area contributed by atoms with Crippen LogP contribution in [-0.2, 0) is 22.4 Å². The number of aryl methyl sites for hydroxylation is 1. The lowest BCUT2D eigenvalue weighted by Gasteiger charge is -2.27. The molecule has 1 amide bonds. The molecule has 7 heteroatoms. The normalized spacial score (nSPS) is 21.2. The fourth-order valence-electron chi connectivity index (χ4n) is 4.03. The van der Waals surface area contributed by atoms with E-state index in [0.717, 1.165) is 51.2 Å². The molecule has 0 bridgehead atoms. The number of amides is 1. The van der Waals surface area contributed by atoms with Gasteiger partial charge in [-0.15, -0.1) is 24.0 Å². The fourth-order valence-corrected chi connectivity index (χ4v) is 4.03. The van der Waals surface area contributed by atoms with Gasteiger partial charge >= 0.3 is 0 Å². The van der Waals surface area contributed by atoms with Crippen LogP contribution in [0, 0.1) is 0 Å². The molecule has 0 saturated carbocycles. The Hall–Kier alpha value is -1.35. The average molecular weight is 528 g/mol. The predicted molar refractivity (Wildman–Crippen MR) is 133 cm³/mol. The lowest BCUT2D eigenvalue weighted by molar-refractivity contribution is -0.127. The van der Waals surface area contributed by atoms with Crippen LogP contribution in [0.25, 0.3) is 0 Å². The number of likely N-dealkylation sites (N-methyl/N-ethyl adjacent to an activating group) is 1. The predicted octanol–water partition coefficient (Wildman–Crippen LogP) is 3.13. The number of nitrogens with zero attached hydrogens (tertiary/aromatic N) is 2. The standard InChI is InChI=1S/C23H36N4O2.HI/c1-27(2)22(28)17-25-23(24-14-7-11-21-10-5-6-15-29-21)26-20-13-12-18-8-3-4-9-19(18)16-20;/h3-4,8-9,20-21H,5-7,10-17H2,1-2H3,(H2,24,25,26);1H. The van der Waals surface area contributed by atoms with Gasteiger partial charge in [0.25, 0.3) is 0 Å². The van der Waals surface area contributed by atoms with E-state index < -0.39 is 0 Å². The van der Waals surface area contributed by atoms with Crippen LogP contribution in [0.1, 0.15) is 49.7 Å². The molecule has 2 unspecified atom stereocenters. The molecule has 6 nitrogen and oxygen atoms in total. The van der Waals surface area contributed by atoms with Gasteiger partial charge in [0, 0.05) is 33.3 Å². The highest BCUT2D eigenvalue weighted by molar-refractivity contribution is 14.0. The number of nitrogens with one attached hydrogen (secondary N) is 2. The number of carbonyl (C=O) groups excluding carboxylic acids is 1. The van der Waals surface area contributed by atoms with Crippen LogP contribution < -0.4 is 10.6 Å². The van der Waals surface area contributed by atoms with Crippen LogP contribution in [0.15, 0.2) is 29.3 Å². The largest absolute Gasteiger partial charge is 0.378 e. The van der Waals surface area contributed by atoms with E-state index >= 15 is 0 Å². The van der Waals surface area contributed by atoms with Gasteiger partial charge < -0.3 is 20.3 Å². The molecule has 2 atom stereocenters. The summed E-state index contributed by atoms with van der Waals surface area (Å²) in [6, 6.07) is 9.00. The molecule has 2 aliphatic rings. The van der Waals surface area contributed by atoms with Gasteiger partial charge in [0.15, 0.2) is 5.96 Å². The highest BCUT2D eigenvalue weighted by Gasteiger charge is 2.19. The highest BCUT2D eigenvalue weighted by Crippen LogP contribution is 2.21. The third-order valence-corrected chi connectivity index (χ3v) is 5.83. The van der Waals surface area contributed by atoms with Gasteiger partial charge in [-0.1, -0.05) is 24.3 Å². The molecule has 0 aromatic heterocycles. The summed E-state index contributed by atoms with van der Waals surface area (Å²) >= 11 is 0. The van der Waals surface area contributed by atoms with Crippen LogP contribution in [0.2, 0.25) is 0 Å². The van der Waals surface area contributed by atoms with Crippen LogP contribution in [0.3, 0.4) is 0 Å². The van der Waals surface area contributed by atoms with Gasteiger partial charge in [0.05, 0.1) is 6.10 Å². The summed E-state index contributed by atoms with van der Waals surface area (Å²) in [5, 5.41) is 7.00. The first-order valence-electron chi connectivity index (χ1n) is 11.0. The number of hydrogen-bond acceptors (Lipinski definition) is 3. The smallest absolute Gasteiger partial charge is 0.243 e. The number of carbonyl (C=O) groups is 1. The molecule has 1 heterocycles. The fraction of sp³-hybridized carbons (Fsp3) is 0.652.